The first-order valence-corrected chi connectivity index (χ1v) is 5.85. The van der Waals surface area contributed by atoms with Crippen LogP contribution < -0.4 is 10.6 Å². The van der Waals surface area contributed by atoms with Gasteiger partial charge in [-0.25, -0.2) is 0 Å². The van der Waals surface area contributed by atoms with Gasteiger partial charge in [-0.05, 0) is 25.5 Å². The van der Waals surface area contributed by atoms with E-state index in [1.54, 1.807) is 0 Å². The molecule has 1 saturated heterocycles. The van der Waals surface area contributed by atoms with E-state index in [4.69, 9.17) is 10.2 Å². The van der Waals surface area contributed by atoms with Gasteiger partial charge in [-0.2, -0.15) is 5.10 Å². The molecule has 0 bridgehead atoms. The molecule has 0 radical (unpaired) electrons. The lowest BCUT2D eigenvalue weighted by atomic mass is 10.3. The van der Waals surface area contributed by atoms with Crippen molar-refractivity contribution in [1.82, 2.24) is 10.2 Å². The van der Waals surface area contributed by atoms with Crippen molar-refractivity contribution in [2.75, 3.05) is 18.0 Å². The molecule has 3 heterocycles. The van der Waals surface area contributed by atoms with Gasteiger partial charge < -0.3 is 15.1 Å². The highest BCUT2D eigenvalue weighted by atomic mass is 16.3. The van der Waals surface area contributed by atoms with Crippen LogP contribution in [0.15, 0.2) is 22.6 Å². The van der Waals surface area contributed by atoms with E-state index >= 15 is 0 Å². The summed E-state index contributed by atoms with van der Waals surface area (Å²) >= 11 is 0. The quantitative estimate of drug-likeness (QED) is 0.823. The second-order valence-corrected chi connectivity index (χ2v) is 4.54. The summed E-state index contributed by atoms with van der Waals surface area (Å²) in [6.45, 7) is 3.78. The molecule has 1 unspecified atom stereocenters. The molecule has 5 heteroatoms. The van der Waals surface area contributed by atoms with Gasteiger partial charge in [0.1, 0.15) is 11.5 Å². The van der Waals surface area contributed by atoms with Crippen LogP contribution in [0.2, 0.25) is 0 Å². The number of anilines is 1. The van der Waals surface area contributed by atoms with E-state index in [2.05, 4.69) is 15.1 Å². The standard InChI is InChI=1S/C12H16N4O/c1-8-2-3-11(17-8)10-6-12(15-14-10)16-5-4-9(13)7-16/h2-3,6,9H,4-5,7,13H2,1H3,(H,14,15). The fraction of sp³-hybridized carbons (Fsp3) is 0.417. The fourth-order valence-electron chi connectivity index (χ4n) is 2.17. The molecule has 5 nitrogen and oxygen atoms in total. The molecule has 3 N–H and O–H groups in total. The highest BCUT2D eigenvalue weighted by Gasteiger charge is 2.21. The van der Waals surface area contributed by atoms with Gasteiger partial charge >= 0.3 is 0 Å². The highest BCUT2D eigenvalue weighted by molar-refractivity contribution is 5.58. The van der Waals surface area contributed by atoms with Gasteiger partial charge in [-0.3, -0.25) is 5.10 Å². The average molecular weight is 232 g/mol. The van der Waals surface area contributed by atoms with Crippen LogP contribution in [0.3, 0.4) is 0 Å². The maximum Gasteiger partial charge on any atom is 0.152 e. The Hall–Kier alpha value is -1.75. The number of rotatable bonds is 2. The number of nitrogens with one attached hydrogen (secondary N) is 1. The Labute approximate surface area is 99.6 Å². The van der Waals surface area contributed by atoms with Crippen LogP contribution in [0, 0.1) is 6.92 Å². The van der Waals surface area contributed by atoms with Crippen molar-refractivity contribution in [1.29, 1.82) is 0 Å². The van der Waals surface area contributed by atoms with Crippen LogP contribution >= 0.6 is 0 Å². The molecular formula is C12H16N4O. The third kappa shape index (κ3) is 1.93. The van der Waals surface area contributed by atoms with Gasteiger partial charge in [-0.15, -0.1) is 0 Å². The van der Waals surface area contributed by atoms with E-state index in [0.717, 1.165) is 42.5 Å². The van der Waals surface area contributed by atoms with Gasteiger partial charge in [0, 0.05) is 25.2 Å². The van der Waals surface area contributed by atoms with Crippen LogP contribution in [-0.4, -0.2) is 29.3 Å². The molecule has 1 fully saturated rings. The number of H-pyrrole nitrogens is 1. The minimum absolute atomic E-state index is 0.265. The lowest BCUT2D eigenvalue weighted by molar-refractivity contribution is 0.546. The van der Waals surface area contributed by atoms with E-state index in [0.29, 0.717) is 0 Å². The van der Waals surface area contributed by atoms with Crippen molar-refractivity contribution in [2.45, 2.75) is 19.4 Å². The summed E-state index contributed by atoms with van der Waals surface area (Å²) < 4.78 is 5.55. The molecule has 90 valence electrons. The Morgan fingerprint density at radius 3 is 3.06 bits per heavy atom. The average Bonchev–Trinajstić information content (AvgIpc) is 2.96. The molecule has 0 saturated carbocycles. The van der Waals surface area contributed by atoms with Gasteiger partial charge in [0.25, 0.3) is 0 Å². The van der Waals surface area contributed by atoms with E-state index in [1.165, 1.54) is 0 Å². The van der Waals surface area contributed by atoms with Crippen molar-refractivity contribution < 1.29 is 4.42 Å². The van der Waals surface area contributed by atoms with Crippen LogP contribution in [0.25, 0.3) is 11.5 Å². The number of furan rings is 1. The number of aryl methyl sites for hydroxylation is 1. The third-order valence-electron chi connectivity index (χ3n) is 3.12. The van der Waals surface area contributed by atoms with E-state index in [-0.39, 0.29) is 6.04 Å². The largest absolute Gasteiger partial charge is 0.460 e. The summed E-state index contributed by atoms with van der Waals surface area (Å²) in [7, 11) is 0. The number of hydrogen-bond acceptors (Lipinski definition) is 4. The van der Waals surface area contributed by atoms with Crippen molar-refractivity contribution in [3.05, 3.63) is 24.0 Å². The third-order valence-corrected chi connectivity index (χ3v) is 3.12. The smallest absolute Gasteiger partial charge is 0.152 e. The van der Waals surface area contributed by atoms with Crippen LogP contribution in [0.1, 0.15) is 12.2 Å². The lowest BCUT2D eigenvalue weighted by Crippen LogP contribution is -2.26. The molecule has 1 atom stereocenters. The molecule has 0 aromatic carbocycles. The Balaban J connectivity index is 1.83. The van der Waals surface area contributed by atoms with E-state index in [1.807, 2.05) is 25.1 Å². The Bertz CT molecular complexity index is 516. The van der Waals surface area contributed by atoms with E-state index in [9.17, 15) is 0 Å². The van der Waals surface area contributed by atoms with Crippen molar-refractivity contribution >= 4 is 5.82 Å². The second-order valence-electron chi connectivity index (χ2n) is 4.54. The maximum absolute atomic E-state index is 5.89. The Morgan fingerprint density at radius 1 is 1.53 bits per heavy atom. The van der Waals surface area contributed by atoms with Crippen molar-refractivity contribution in [3.8, 4) is 11.5 Å². The predicted molar refractivity (Wildman–Crippen MR) is 65.8 cm³/mol. The zero-order valence-corrected chi connectivity index (χ0v) is 9.81. The summed E-state index contributed by atoms with van der Waals surface area (Å²) in [5.41, 5.74) is 6.80. The van der Waals surface area contributed by atoms with Crippen LogP contribution in [0.4, 0.5) is 5.82 Å². The minimum atomic E-state index is 0.265. The molecule has 3 rings (SSSR count). The summed E-state index contributed by atoms with van der Waals surface area (Å²) in [6, 6.07) is 6.17. The van der Waals surface area contributed by atoms with Crippen LogP contribution in [-0.2, 0) is 0 Å². The number of nitrogens with zero attached hydrogens (tertiary/aromatic N) is 2. The van der Waals surface area contributed by atoms with Gasteiger partial charge in [0.2, 0.25) is 0 Å². The van der Waals surface area contributed by atoms with Crippen molar-refractivity contribution in [3.63, 3.8) is 0 Å². The van der Waals surface area contributed by atoms with Gasteiger partial charge in [0.15, 0.2) is 11.6 Å². The van der Waals surface area contributed by atoms with E-state index < -0.39 is 0 Å². The first-order chi connectivity index (χ1) is 8.22. The highest BCUT2D eigenvalue weighted by Crippen LogP contribution is 2.25. The monoisotopic (exact) mass is 232 g/mol. The number of aromatic amines is 1. The molecular weight excluding hydrogens is 216 g/mol. The Kier molecular flexibility index (Phi) is 2.40. The number of hydrogen-bond donors (Lipinski definition) is 2. The number of aromatic nitrogens is 2. The number of nitrogens with two attached hydrogens (primary N) is 1. The molecule has 0 amide bonds. The molecule has 0 aliphatic carbocycles. The molecule has 17 heavy (non-hydrogen) atoms. The van der Waals surface area contributed by atoms with Crippen LogP contribution in [0.5, 0.6) is 0 Å². The summed E-state index contributed by atoms with van der Waals surface area (Å²) in [5.74, 6) is 2.67. The second kappa shape index (κ2) is 3.92. The first-order valence-electron chi connectivity index (χ1n) is 5.85. The predicted octanol–water partition coefficient (Wildman–Crippen LogP) is 1.52. The van der Waals surface area contributed by atoms with Gasteiger partial charge in [-0.1, -0.05) is 0 Å². The topological polar surface area (TPSA) is 71.1 Å². The molecule has 2 aromatic rings. The zero-order chi connectivity index (χ0) is 11.8. The SMILES string of the molecule is Cc1ccc(-c2cc(N3CCC(N)C3)n[nH]2)o1. The molecule has 2 aromatic heterocycles. The normalized spacial score (nSPS) is 20.1. The zero-order valence-electron chi connectivity index (χ0n) is 9.81. The fourth-order valence-corrected chi connectivity index (χ4v) is 2.17. The minimum Gasteiger partial charge on any atom is -0.460 e. The summed E-state index contributed by atoms with van der Waals surface area (Å²) in [6.07, 6.45) is 1.03. The Morgan fingerprint density at radius 2 is 2.41 bits per heavy atom. The maximum atomic E-state index is 5.89. The summed E-state index contributed by atoms with van der Waals surface area (Å²) in [4.78, 5) is 2.19. The van der Waals surface area contributed by atoms with Crippen molar-refractivity contribution in [2.24, 2.45) is 5.73 Å². The lowest BCUT2D eigenvalue weighted by Gasteiger charge is -2.13. The first kappa shape index (κ1) is 10.4. The molecule has 1 aliphatic heterocycles. The van der Waals surface area contributed by atoms with Gasteiger partial charge in [0.05, 0.1) is 0 Å². The molecule has 0 spiro atoms. The molecule has 1 aliphatic rings. The summed E-state index contributed by atoms with van der Waals surface area (Å²) in [5, 5.41) is 7.30.